The minimum atomic E-state index is 0.488. The predicted octanol–water partition coefficient (Wildman–Crippen LogP) is 2.11. The first kappa shape index (κ1) is 10.4. The van der Waals surface area contributed by atoms with Gasteiger partial charge in [-0.05, 0) is 17.7 Å². The molecule has 0 amide bonds. The number of benzene rings is 1. The van der Waals surface area contributed by atoms with Crippen LogP contribution in [-0.4, -0.2) is 16.1 Å². The quantitative estimate of drug-likeness (QED) is 0.810. The van der Waals surface area contributed by atoms with E-state index in [1.807, 2.05) is 28.8 Å². The van der Waals surface area contributed by atoms with Crippen LogP contribution in [0.2, 0.25) is 5.02 Å². The second-order valence-electron chi connectivity index (χ2n) is 3.93. The lowest BCUT2D eigenvalue weighted by Crippen LogP contribution is -2.20. The maximum atomic E-state index is 8.17. The molecule has 2 heterocycles. The van der Waals surface area contributed by atoms with Crippen LogP contribution in [0.25, 0.3) is 11.1 Å². The van der Waals surface area contributed by atoms with E-state index in [9.17, 15) is 0 Å². The minimum Gasteiger partial charge on any atom is -0.354 e. The number of halogens is 1. The first-order valence-electron chi connectivity index (χ1n) is 5.40. The van der Waals surface area contributed by atoms with Crippen LogP contribution in [0.4, 0.5) is 5.95 Å². The van der Waals surface area contributed by atoms with Crippen LogP contribution in [0.1, 0.15) is 0 Å². The molecule has 17 heavy (non-hydrogen) atoms. The SMILES string of the molecule is N=c1c(-c2ccc(Cl)cc2)cnc2n1CCN2. The van der Waals surface area contributed by atoms with E-state index in [-0.39, 0.29) is 0 Å². The second-order valence-corrected chi connectivity index (χ2v) is 4.37. The van der Waals surface area contributed by atoms with Crippen LogP contribution in [0.3, 0.4) is 0 Å². The number of rotatable bonds is 1. The normalized spacial score (nSPS) is 13.2. The lowest BCUT2D eigenvalue weighted by molar-refractivity contribution is 0.737. The van der Waals surface area contributed by atoms with E-state index in [2.05, 4.69) is 10.3 Å². The Hall–Kier alpha value is -1.81. The second kappa shape index (κ2) is 3.89. The van der Waals surface area contributed by atoms with Crippen molar-refractivity contribution in [2.24, 2.45) is 0 Å². The van der Waals surface area contributed by atoms with Crippen molar-refractivity contribution in [3.05, 3.63) is 41.0 Å². The lowest BCUT2D eigenvalue weighted by Gasteiger charge is -2.07. The van der Waals surface area contributed by atoms with Gasteiger partial charge in [0.1, 0.15) is 5.49 Å². The van der Waals surface area contributed by atoms with E-state index in [1.54, 1.807) is 6.20 Å². The van der Waals surface area contributed by atoms with Gasteiger partial charge in [-0.1, -0.05) is 23.7 Å². The molecule has 0 radical (unpaired) electrons. The monoisotopic (exact) mass is 246 g/mol. The van der Waals surface area contributed by atoms with Crippen molar-refractivity contribution < 1.29 is 0 Å². The van der Waals surface area contributed by atoms with Gasteiger partial charge in [-0.15, -0.1) is 0 Å². The Morgan fingerprint density at radius 1 is 1.29 bits per heavy atom. The van der Waals surface area contributed by atoms with Gasteiger partial charge in [-0.2, -0.15) is 0 Å². The van der Waals surface area contributed by atoms with Gasteiger partial charge in [-0.3, -0.25) is 9.98 Å². The summed E-state index contributed by atoms with van der Waals surface area (Å²) in [4.78, 5) is 4.32. The molecule has 2 N–H and O–H groups in total. The van der Waals surface area contributed by atoms with Crippen molar-refractivity contribution in [2.75, 3.05) is 11.9 Å². The molecule has 0 atom stereocenters. The van der Waals surface area contributed by atoms with Crippen molar-refractivity contribution in [1.82, 2.24) is 9.55 Å². The number of anilines is 1. The zero-order valence-electron chi connectivity index (χ0n) is 9.07. The highest BCUT2D eigenvalue weighted by molar-refractivity contribution is 6.30. The van der Waals surface area contributed by atoms with Crippen LogP contribution in [0.15, 0.2) is 30.5 Å². The molecule has 1 aliphatic rings. The molecule has 4 nitrogen and oxygen atoms in total. The van der Waals surface area contributed by atoms with E-state index in [0.29, 0.717) is 10.5 Å². The first-order chi connectivity index (χ1) is 8.25. The molecule has 0 spiro atoms. The number of fused-ring (bicyclic) bond motifs is 1. The van der Waals surface area contributed by atoms with Gasteiger partial charge < -0.3 is 5.32 Å². The van der Waals surface area contributed by atoms with Crippen molar-refractivity contribution in [3.8, 4) is 11.1 Å². The largest absolute Gasteiger partial charge is 0.354 e. The molecule has 1 aromatic heterocycles. The Kier molecular flexibility index (Phi) is 2.37. The molecule has 0 unspecified atom stereocenters. The van der Waals surface area contributed by atoms with Crippen LogP contribution in [-0.2, 0) is 6.54 Å². The molecule has 1 aliphatic heterocycles. The van der Waals surface area contributed by atoms with Gasteiger partial charge >= 0.3 is 0 Å². The third-order valence-electron chi connectivity index (χ3n) is 2.87. The molecule has 86 valence electrons. The summed E-state index contributed by atoms with van der Waals surface area (Å²) < 4.78 is 1.88. The van der Waals surface area contributed by atoms with Crippen molar-refractivity contribution >= 4 is 17.5 Å². The molecular weight excluding hydrogens is 236 g/mol. The molecule has 3 rings (SSSR count). The third kappa shape index (κ3) is 1.70. The summed E-state index contributed by atoms with van der Waals surface area (Å²) in [5.74, 6) is 0.771. The van der Waals surface area contributed by atoms with E-state index in [1.165, 1.54) is 0 Å². The van der Waals surface area contributed by atoms with Gasteiger partial charge in [0.25, 0.3) is 0 Å². The number of nitrogens with one attached hydrogen (secondary N) is 2. The average molecular weight is 247 g/mol. The Balaban J connectivity index is 2.16. The number of hydrogen-bond acceptors (Lipinski definition) is 3. The Morgan fingerprint density at radius 3 is 2.82 bits per heavy atom. The highest BCUT2D eigenvalue weighted by Crippen LogP contribution is 2.19. The summed E-state index contributed by atoms with van der Waals surface area (Å²) in [6, 6.07) is 7.47. The fourth-order valence-electron chi connectivity index (χ4n) is 1.99. The Morgan fingerprint density at radius 2 is 2.06 bits per heavy atom. The van der Waals surface area contributed by atoms with E-state index < -0.39 is 0 Å². The minimum absolute atomic E-state index is 0.488. The Labute approximate surface area is 103 Å². The maximum Gasteiger partial charge on any atom is 0.204 e. The van der Waals surface area contributed by atoms with E-state index >= 15 is 0 Å². The van der Waals surface area contributed by atoms with E-state index in [0.717, 1.165) is 30.2 Å². The topological polar surface area (TPSA) is 53.7 Å². The molecular formula is C12H11ClN4. The van der Waals surface area contributed by atoms with Crippen molar-refractivity contribution in [1.29, 1.82) is 5.41 Å². The number of nitrogens with zero attached hydrogens (tertiary/aromatic N) is 2. The molecule has 0 saturated carbocycles. The van der Waals surface area contributed by atoms with Crippen LogP contribution < -0.4 is 10.8 Å². The predicted molar refractivity (Wildman–Crippen MR) is 67.0 cm³/mol. The fourth-order valence-corrected chi connectivity index (χ4v) is 2.11. The standard InChI is InChI=1S/C12H11ClN4/c13-9-3-1-8(2-4-9)10-7-16-12-15-5-6-17(12)11(10)14/h1-4,7,14H,5-6H2,(H,15,16). The number of aromatic nitrogens is 2. The first-order valence-corrected chi connectivity index (χ1v) is 5.78. The molecule has 0 bridgehead atoms. The van der Waals surface area contributed by atoms with Crippen LogP contribution >= 0.6 is 11.6 Å². The van der Waals surface area contributed by atoms with Gasteiger partial charge in [0.15, 0.2) is 0 Å². The molecule has 0 fully saturated rings. The summed E-state index contributed by atoms with van der Waals surface area (Å²) >= 11 is 5.85. The molecule has 0 aliphatic carbocycles. The zero-order chi connectivity index (χ0) is 11.8. The number of hydrogen-bond donors (Lipinski definition) is 2. The summed E-state index contributed by atoms with van der Waals surface area (Å²) in [7, 11) is 0. The van der Waals surface area contributed by atoms with Gasteiger partial charge in [0.2, 0.25) is 5.95 Å². The van der Waals surface area contributed by atoms with Crippen LogP contribution in [0, 0.1) is 5.41 Å². The fraction of sp³-hybridized carbons (Fsp3) is 0.167. The maximum absolute atomic E-state index is 8.17. The van der Waals surface area contributed by atoms with Crippen molar-refractivity contribution in [2.45, 2.75) is 6.54 Å². The van der Waals surface area contributed by atoms with Gasteiger partial charge in [-0.25, -0.2) is 4.98 Å². The highest BCUT2D eigenvalue weighted by atomic mass is 35.5. The summed E-state index contributed by atoms with van der Waals surface area (Å²) in [6.45, 7) is 1.63. The summed E-state index contributed by atoms with van der Waals surface area (Å²) in [5, 5.41) is 12.0. The molecule has 2 aromatic rings. The lowest BCUT2D eigenvalue weighted by atomic mass is 10.1. The smallest absolute Gasteiger partial charge is 0.204 e. The van der Waals surface area contributed by atoms with Crippen molar-refractivity contribution in [3.63, 3.8) is 0 Å². The Bertz CT molecular complexity index is 615. The summed E-state index contributed by atoms with van der Waals surface area (Å²) in [5.41, 5.74) is 2.28. The zero-order valence-corrected chi connectivity index (χ0v) is 9.83. The summed E-state index contributed by atoms with van der Waals surface area (Å²) in [6.07, 6.45) is 1.73. The van der Waals surface area contributed by atoms with E-state index in [4.69, 9.17) is 17.0 Å². The van der Waals surface area contributed by atoms with Crippen LogP contribution in [0.5, 0.6) is 0 Å². The molecule has 5 heteroatoms. The molecule has 0 saturated heterocycles. The van der Waals surface area contributed by atoms with Gasteiger partial charge in [0, 0.05) is 29.9 Å². The molecule has 1 aromatic carbocycles. The third-order valence-corrected chi connectivity index (χ3v) is 3.12. The average Bonchev–Trinajstić information content (AvgIpc) is 2.80. The highest BCUT2D eigenvalue weighted by Gasteiger charge is 2.13. The van der Waals surface area contributed by atoms with Gasteiger partial charge in [0.05, 0.1) is 0 Å².